The molecule has 3 nitrogen and oxygen atoms in total. The molecule has 110 valence electrons. The fraction of sp³-hybridized carbons (Fsp3) is 0.562. The summed E-state index contributed by atoms with van der Waals surface area (Å²) >= 11 is 1.74. The Morgan fingerprint density at radius 2 is 1.95 bits per heavy atom. The third kappa shape index (κ3) is 3.18. The number of carbonyl (C=O) groups is 1. The van der Waals surface area contributed by atoms with E-state index in [0.717, 1.165) is 13.0 Å². The lowest BCUT2D eigenvalue weighted by Crippen LogP contribution is -2.30. The van der Waals surface area contributed by atoms with Crippen LogP contribution in [0.15, 0.2) is 12.1 Å². The van der Waals surface area contributed by atoms with E-state index in [4.69, 9.17) is 4.74 Å². The molecule has 1 fully saturated rings. The van der Waals surface area contributed by atoms with Crippen molar-refractivity contribution < 1.29 is 9.53 Å². The molecule has 4 heteroatoms. The van der Waals surface area contributed by atoms with Crippen LogP contribution >= 0.6 is 11.8 Å². The predicted molar refractivity (Wildman–Crippen MR) is 84.1 cm³/mol. The van der Waals surface area contributed by atoms with Gasteiger partial charge in [-0.1, -0.05) is 17.7 Å². The molecule has 1 unspecified atom stereocenters. The van der Waals surface area contributed by atoms with Crippen LogP contribution in [0.5, 0.6) is 0 Å². The third-order valence-corrected chi connectivity index (χ3v) is 4.92. The molecule has 0 bridgehead atoms. The van der Waals surface area contributed by atoms with Crippen molar-refractivity contribution in [3.63, 3.8) is 0 Å². The Morgan fingerprint density at radius 1 is 1.30 bits per heavy atom. The Morgan fingerprint density at radius 3 is 2.55 bits per heavy atom. The molecule has 0 radical (unpaired) electrons. The Hall–Kier alpha value is -1.00. The summed E-state index contributed by atoms with van der Waals surface area (Å²) in [7, 11) is 1.70. The first kappa shape index (κ1) is 15.4. The molecule has 1 aliphatic rings. The van der Waals surface area contributed by atoms with Crippen molar-refractivity contribution in [3.05, 3.63) is 34.4 Å². The lowest BCUT2D eigenvalue weighted by atomic mass is 9.99. The van der Waals surface area contributed by atoms with Gasteiger partial charge in [-0.15, -0.1) is 11.8 Å². The van der Waals surface area contributed by atoms with Crippen LogP contribution in [0.1, 0.15) is 34.0 Å². The monoisotopic (exact) mass is 293 g/mol. The zero-order valence-electron chi connectivity index (χ0n) is 12.7. The van der Waals surface area contributed by atoms with Gasteiger partial charge in [0.1, 0.15) is 5.37 Å². The second-order valence-electron chi connectivity index (χ2n) is 5.41. The number of hydrogen-bond acceptors (Lipinski definition) is 3. The van der Waals surface area contributed by atoms with E-state index in [1.807, 2.05) is 4.90 Å². The minimum absolute atomic E-state index is 0.167. The number of methoxy groups -OCH3 is 1. The maximum atomic E-state index is 12.1. The molecule has 0 spiro atoms. The van der Waals surface area contributed by atoms with Gasteiger partial charge in [0.25, 0.3) is 0 Å². The number of carbonyl (C=O) groups excluding carboxylic acids is 1. The lowest BCUT2D eigenvalue weighted by molar-refractivity contribution is -0.128. The van der Waals surface area contributed by atoms with E-state index >= 15 is 0 Å². The number of nitrogens with zero attached hydrogens (tertiary/aromatic N) is 1. The number of ether oxygens (including phenoxy) is 1. The van der Waals surface area contributed by atoms with Crippen LogP contribution in [0.4, 0.5) is 0 Å². The summed E-state index contributed by atoms with van der Waals surface area (Å²) in [6, 6.07) is 4.41. The molecule has 0 N–H and O–H groups in total. The van der Waals surface area contributed by atoms with Gasteiger partial charge in [0, 0.05) is 20.3 Å². The quantitative estimate of drug-likeness (QED) is 0.781. The number of rotatable bonds is 5. The van der Waals surface area contributed by atoms with Crippen LogP contribution < -0.4 is 0 Å². The normalized spacial score (nSPS) is 18.9. The SMILES string of the molecule is COCCCN1C(=O)CSC1c1c(C)cc(C)cc1C. The van der Waals surface area contributed by atoms with Crippen LogP contribution in [0.2, 0.25) is 0 Å². The highest BCUT2D eigenvalue weighted by molar-refractivity contribution is 8.00. The lowest BCUT2D eigenvalue weighted by Gasteiger charge is -2.27. The van der Waals surface area contributed by atoms with Crippen LogP contribution in [0.3, 0.4) is 0 Å². The zero-order valence-corrected chi connectivity index (χ0v) is 13.5. The molecule has 1 atom stereocenters. The van der Waals surface area contributed by atoms with Crippen molar-refractivity contribution >= 4 is 17.7 Å². The Balaban J connectivity index is 2.24. The van der Waals surface area contributed by atoms with Gasteiger partial charge in [0.15, 0.2) is 0 Å². The number of hydrogen-bond donors (Lipinski definition) is 0. The first-order chi connectivity index (χ1) is 9.54. The highest BCUT2D eigenvalue weighted by Crippen LogP contribution is 2.41. The van der Waals surface area contributed by atoms with Gasteiger partial charge in [-0.05, 0) is 43.9 Å². The summed E-state index contributed by atoms with van der Waals surface area (Å²) < 4.78 is 5.10. The van der Waals surface area contributed by atoms with E-state index < -0.39 is 0 Å². The molecule has 1 saturated heterocycles. The van der Waals surface area contributed by atoms with Crippen molar-refractivity contribution in [3.8, 4) is 0 Å². The molecule has 0 aromatic heterocycles. The summed E-state index contributed by atoms with van der Waals surface area (Å²) in [5, 5.41) is 0.167. The highest BCUT2D eigenvalue weighted by Gasteiger charge is 2.33. The Labute approximate surface area is 125 Å². The van der Waals surface area contributed by atoms with Crippen LogP contribution in [-0.2, 0) is 9.53 Å². The largest absolute Gasteiger partial charge is 0.385 e. The maximum Gasteiger partial charge on any atom is 0.233 e. The number of thioether (sulfide) groups is 1. The summed E-state index contributed by atoms with van der Waals surface area (Å²) in [5.41, 5.74) is 5.16. The van der Waals surface area contributed by atoms with E-state index in [0.29, 0.717) is 12.4 Å². The topological polar surface area (TPSA) is 29.5 Å². The summed E-state index contributed by atoms with van der Waals surface area (Å²) in [6.45, 7) is 7.88. The van der Waals surface area contributed by atoms with E-state index in [2.05, 4.69) is 32.9 Å². The minimum Gasteiger partial charge on any atom is -0.385 e. The minimum atomic E-state index is 0.167. The van der Waals surface area contributed by atoms with E-state index in [1.54, 1.807) is 18.9 Å². The first-order valence-electron chi connectivity index (χ1n) is 7.02. The molecule has 1 aliphatic heterocycles. The van der Waals surface area contributed by atoms with Gasteiger partial charge >= 0.3 is 0 Å². The molecular formula is C16H23NO2S. The van der Waals surface area contributed by atoms with Gasteiger partial charge in [-0.3, -0.25) is 4.79 Å². The van der Waals surface area contributed by atoms with Gasteiger partial charge in [0.2, 0.25) is 5.91 Å². The van der Waals surface area contributed by atoms with Crippen molar-refractivity contribution in [2.45, 2.75) is 32.6 Å². The predicted octanol–water partition coefficient (Wildman–Crippen LogP) is 3.22. The molecule has 1 heterocycles. The molecule has 0 saturated carbocycles. The number of amides is 1. The van der Waals surface area contributed by atoms with Crippen molar-refractivity contribution in [2.75, 3.05) is 26.0 Å². The van der Waals surface area contributed by atoms with E-state index in [1.165, 1.54) is 22.3 Å². The van der Waals surface area contributed by atoms with Gasteiger partial charge < -0.3 is 9.64 Å². The van der Waals surface area contributed by atoms with Gasteiger partial charge in [-0.2, -0.15) is 0 Å². The van der Waals surface area contributed by atoms with Crippen LogP contribution in [0, 0.1) is 20.8 Å². The smallest absolute Gasteiger partial charge is 0.233 e. The van der Waals surface area contributed by atoms with Crippen molar-refractivity contribution in [1.82, 2.24) is 4.90 Å². The molecule has 20 heavy (non-hydrogen) atoms. The average molecular weight is 293 g/mol. The average Bonchev–Trinajstić information content (AvgIpc) is 2.71. The van der Waals surface area contributed by atoms with E-state index in [-0.39, 0.29) is 11.3 Å². The highest BCUT2D eigenvalue weighted by atomic mass is 32.2. The Bertz CT molecular complexity index is 478. The first-order valence-corrected chi connectivity index (χ1v) is 8.07. The van der Waals surface area contributed by atoms with E-state index in [9.17, 15) is 4.79 Å². The maximum absolute atomic E-state index is 12.1. The second-order valence-corrected chi connectivity index (χ2v) is 6.48. The molecule has 0 aliphatic carbocycles. The van der Waals surface area contributed by atoms with Crippen LogP contribution in [0.25, 0.3) is 0 Å². The van der Waals surface area contributed by atoms with Crippen LogP contribution in [-0.4, -0.2) is 36.8 Å². The van der Waals surface area contributed by atoms with Crippen molar-refractivity contribution in [1.29, 1.82) is 0 Å². The van der Waals surface area contributed by atoms with Gasteiger partial charge in [-0.25, -0.2) is 0 Å². The second kappa shape index (κ2) is 6.64. The number of aryl methyl sites for hydroxylation is 3. The number of benzene rings is 1. The molecule has 1 aromatic rings. The fourth-order valence-electron chi connectivity index (χ4n) is 2.89. The fourth-order valence-corrected chi connectivity index (χ4v) is 4.30. The molecule has 1 aromatic carbocycles. The van der Waals surface area contributed by atoms with Gasteiger partial charge in [0.05, 0.1) is 5.75 Å². The zero-order chi connectivity index (χ0) is 14.7. The molecular weight excluding hydrogens is 270 g/mol. The molecule has 2 rings (SSSR count). The summed E-state index contributed by atoms with van der Waals surface area (Å²) in [4.78, 5) is 14.1. The summed E-state index contributed by atoms with van der Waals surface area (Å²) in [5.74, 6) is 0.834. The molecule has 1 amide bonds. The third-order valence-electron chi connectivity index (χ3n) is 3.70. The van der Waals surface area contributed by atoms with Crippen molar-refractivity contribution in [2.24, 2.45) is 0 Å². The standard InChI is InChI=1S/C16H23NO2S/c1-11-8-12(2)15(13(3)9-11)16-17(6-5-7-19-4)14(18)10-20-16/h8-9,16H,5-7,10H2,1-4H3. The Kier molecular flexibility index (Phi) is 5.11. The summed E-state index contributed by atoms with van der Waals surface area (Å²) in [6.07, 6.45) is 0.892.